The van der Waals surface area contributed by atoms with E-state index < -0.39 is 0 Å². The van der Waals surface area contributed by atoms with E-state index in [1.807, 2.05) is 52.8 Å². The van der Waals surface area contributed by atoms with Gasteiger partial charge in [0.05, 0.1) is 27.9 Å². The van der Waals surface area contributed by atoms with Crippen LogP contribution in [-0.2, 0) is 0 Å². The number of benzene rings is 1. The van der Waals surface area contributed by atoms with Gasteiger partial charge in [-0.05, 0) is 32.9 Å². The van der Waals surface area contributed by atoms with E-state index in [1.54, 1.807) is 0 Å². The Bertz CT molecular complexity index is 696. The van der Waals surface area contributed by atoms with Gasteiger partial charge < -0.3 is 0 Å². The van der Waals surface area contributed by atoms with Crippen molar-refractivity contribution in [2.45, 2.75) is 34.6 Å². The molecule has 0 bridgehead atoms. The Hall–Kier alpha value is -1.90. The Morgan fingerprint density at radius 2 is 1.50 bits per heavy atom. The fourth-order valence-electron chi connectivity index (χ4n) is 2.37. The molecule has 2 heterocycles. The van der Waals surface area contributed by atoms with Crippen LogP contribution in [0.15, 0.2) is 24.3 Å². The Morgan fingerprint density at radius 3 is 2.22 bits per heavy atom. The van der Waals surface area contributed by atoms with Gasteiger partial charge in [-0.25, -0.2) is 9.97 Å². The molecular weight excluding hydrogens is 222 g/mol. The van der Waals surface area contributed by atoms with Crippen LogP contribution < -0.4 is 0 Å². The molecule has 3 aromatic rings. The second kappa shape index (κ2) is 4.77. The van der Waals surface area contributed by atoms with Crippen LogP contribution >= 0.6 is 0 Å². The summed E-state index contributed by atoms with van der Waals surface area (Å²) in [5, 5.41) is 0. The summed E-state index contributed by atoms with van der Waals surface area (Å²) in [5.41, 5.74) is 5.37. The normalized spacial score (nSPS) is 10.5. The van der Waals surface area contributed by atoms with Gasteiger partial charge in [0, 0.05) is 0 Å². The number of fused-ring (bicyclic) bond motifs is 3. The molecule has 0 radical (unpaired) electrons. The van der Waals surface area contributed by atoms with Gasteiger partial charge in [-0.15, -0.1) is 0 Å². The molecule has 2 aromatic heterocycles. The smallest absolute Gasteiger partial charge is 0.111 e. The Balaban J connectivity index is 0.000000574. The second-order valence-electron chi connectivity index (χ2n) is 4.11. The molecule has 0 aliphatic rings. The molecule has 1 aromatic carbocycles. The molecule has 0 aliphatic carbocycles. The molecule has 0 spiro atoms. The summed E-state index contributed by atoms with van der Waals surface area (Å²) in [6.45, 7) is 10.1. The molecule has 0 amide bonds. The van der Waals surface area contributed by atoms with Gasteiger partial charge >= 0.3 is 0 Å². The third-order valence-electron chi connectivity index (χ3n) is 2.97. The molecule has 3 nitrogen and oxygen atoms in total. The van der Waals surface area contributed by atoms with Gasteiger partial charge in [0.15, 0.2) is 0 Å². The third kappa shape index (κ3) is 1.76. The third-order valence-corrected chi connectivity index (χ3v) is 2.97. The summed E-state index contributed by atoms with van der Waals surface area (Å²) < 4.78 is 2.19. The largest absolute Gasteiger partial charge is 0.293 e. The number of hydrogen-bond acceptors (Lipinski definition) is 2. The number of aromatic nitrogens is 3. The molecule has 3 heteroatoms. The number of hydrogen-bond donors (Lipinski definition) is 0. The van der Waals surface area contributed by atoms with Crippen molar-refractivity contribution < 1.29 is 0 Å². The summed E-state index contributed by atoms with van der Waals surface area (Å²) in [7, 11) is 0. The average molecular weight is 241 g/mol. The lowest BCUT2D eigenvalue weighted by Crippen LogP contribution is -1.96. The summed E-state index contributed by atoms with van der Waals surface area (Å²) in [4.78, 5) is 9.14. The first-order chi connectivity index (χ1) is 8.68. The number of imidazole rings is 1. The summed E-state index contributed by atoms with van der Waals surface area (Å²) in [6, 6.07) is 8.17. The van der Waals surface area contributed by atoms with Crippen molar-refractivity contribution in [1.29, 1.82) is 0 Å². The first-order valence-electron chi connectivity index (χ1n) is 6.39. The van der Waals surface area contributed by atoms with Crippen molar-refractivity contribution in [1.82, 2.24) is 14.4 Å². The van der Waals surface area contributed by atoms with Crippen molar-refractivity contribution in [2.75, 3.05) is 0 Å². The first-order valence-corrected chi connectivity index (χ1v) is 6.39. The highest BCUT2D eigenvalue weighted by atomic mass is 15.0. The average Bonchev–Trinajstić information content (AvgIpc) is 2.68. The number of aryl methyl sites for hydroxylation is 3. The Kier molecular flexibility index (Phi) is 3.32. The maximum Gasteiger partial charge on any atom is 0.111 e. The first kappa shape index (κ1) is 12.6. The van der Waals surface area contributed by atoms with E-state index in [1.165, 1.54) is 0 Å². The van der Waals surface area contributed by atoms with E-state index >= 15 is 0 Å². The number of para-hydroxylation sites is 2. The van der Waals surface area contributed by atoms with Crippen molar-refractivity contribution >= 4 is 16.6 Å². The van der Waals surface area contributed by atoms with Crippen molar-refractivity contribution in [3.63, 3.8) is 0 Å². The highest BCUT2D eigenvalue weighted by Crippen LogP contribution is 2.21. The zero-order valence-corrected chi connectivity index (χ0v) is 11.7. The lowest BCUT2D eigenvalue weighted by atomic mass is 10.2. The predicted octanol–water partition coefficient (Wildman–Crippen LogP) is 3.83. The zero-order chi connectivity index (χ0) is 13.3. The molecule has 3 rings (SSSR count). The minimum Gasteiger partial charge on any atom is -0.293 e. The van der Waals surface area contributed by atoms with Crippen LogP contribution in [0.4, 0.5) is 0 Å². The van der Waals surface area contributed by atoms with Crippen molar-refractivity contribution in [3.8, 4) is 0 Å². The van der Waals surface area contributed by atoms with Crippen LogP contribution in [-0.4, -0.2) is 14.4 Å². The van der Waals surface area contributed by atoms with Crippen LogP contribution in [0.3, 0.4) is 0 Å². The molecule has 0 aliphatic heterocycles. The minimum atomic E-state index is 1.02. The lowest BCUT2D eigenvalue weighted by molar-refractivity contribution is 1.06. The molecule has 0 atom stereocenters. The highest BCUT2D eigenvalue weighted by Gasteiger charge is 2.11. The van der Waals surface area contributed by atoms with Crippen LogP contribution in [0.1, 0.15) is 31.1 Å². The van der Waals surface area contributed by atoms with E-state index in [0.29, 0.717) is 0 Å². The lowest BCUT2D eigenvalue weighted by Gasteiger charge is -2.05. The zero-order valence-electron chi connectivity index (χ0n) is 11.7. The van der Waals surface area contributed by atoms with Crippen molar-refractivity contribution in [3.05, 3.63) is 41.5 Å². The van der Waals surface area contributed by atoms with Gasteiger partial charge in [-0.2, -0.15) is 0 Å². The maximum absolute atomic E-state index is 4.62. The van der Waals surface area contributed by atoms with E-state index in [4.69, 9.17) is 0 Å². The van der Waals surface area contributed by atoms with E-state index in [0.717, 1.165) is 33.8 Å². The van der Waals surface area contributed by atoms with E-state index in [-0.39, 0.29) is 0 Å². The van der Waals surface area contributed by atoms with E-state index in [2.05, 4.69) is 20.4 Å². The maximum atomic E-state index is 4.62. The van der Waals surface area contributed by atoms with Gasteiger partial charge in [-0.3, -0.25) is 4.40 Å². The SMILES string of the molecule is CC.Cc1nc(C)n2c1c(C)nc1ccccc12. The predicted molar refractivity (Wildman–Crippen MR) is 76.1 cm³/mol. The molecule has 0 N–H and O–H groups in total. The molecule has 0 fully saturated rings. The molecule has 0 saturated heterocycles. The van der Waals surface area contributed by atoms with Gasteiger partial charge in [0.1, 0.15) is 5.82 Å². The van der Waals surface area contributed by atoms with Gasteiger partial charge in [0.25, 0.3) is 0 Å². The van der Waals surface area contributed by atoms with Crippen LogP contribution in [0.2, 0.25) is 0 Å². The molecule has 94 valence electrons. The number of nitrogens with zero attached hydrogens (tertiary/aromatic N) is 3. The van der Waals surface area contributed by atoms with Crippen LogP contribution in [0.5, 0.6) is 0 Å². The van der Waals surface area contributed by atoms with Crippen molar-refractivity contribution in [2.24, 2.45) is 0 Å². The topological polar surface area (TPSA) is 30.2 Å². The fraction of sp³-hybridized carbons (Fsp3) is 0.333. The quantitative estimate of drug-likeness (QED) is 0.598. The molecule has 18 heavy (non-hydrogen) atoms. The fourth-order valence-corrected chi connectivity index (χ4v) is 2.37. The van der Waals surface area contributed by atoms with Gasteiger partial charge in [0.2, 0.25) is 0 Å². The standard InChI is InChI=1S/C13H13N3.C2H6/c1-8-13-9(2)15-11-6-4-5-7-12(11)16(13)10(3)14-8;1-2/h4-7H,1-3H3;1-2H3. The Labute approximate surface area is 108 Å². The Morgan fingerprint density at radius 1 is 0.889 bits per heavy atom. The molecule has 0 saturated carbocycles. The van der Waals surface area contributed by atoms with Crippen LogP contribution in [0, 0.1) is 20.8 Å². The molecular formula is C15H19N3. The second-order valence-corrected chi connectivity index (χ2v) is 4.11. The van der Waals surface area contributed by atoms with E-state index in [9.17, 15) is 0 Å². The highest BCUT2D eigenvalue weighted by molar-refractivity contribution is 5.80. The number of rotatable bonds is 0. The molecule has 0 unspecified atom stereocenters. The monoisotopic (exact) mass is 241 g/mol. The summed E-state index contributed by atoms with van der Waals surface area (Å²) in [6.07, 6.45) is 0. The summed E-state index contributed by atoms with van der Waals surface area (Å²) >= 11 is 0. The summed E-state index contributed by atoms with van der Waals surface area (Å²) in [5.74, 6) is 1.02. The minimum absolute atomic E-state index is 1.02. The van der Waals surface area contributed by atoms with Gasteiger partial charge in [-0.1, -0.05) is 26.0 Å². The van der Waals surface area contributed by atoms with Crippen LogP contribution in [0.25, 0.3) is 16.6 Å².